The standard InChI is InChI=1S/C23H27N5O2/c1-5-26(6-2)21-11-13-22(14-12-21)27-17(3)15-19(18(27)4)16-24-25-20-7-9-23(10-8-20)28(29)30/h7-16,25H,5-6H2,1-4H3/b24-16+. The number of hydrazone groups is 1. The van der Waals surface area contributed by atoms with Crippen molar-refractivity contribution in [1.82, 2.24) is 4.57 Å². The predicted octanol–water partition coefficient (Wildman–Crippen LogP) is 5.29. The van der Waals surface area contributed by atoms with Crippen LogP contribution in [0.2, 0.25) is 0 Å². The van der Waals surface area contributed by atoms with Crippen molar-refractivity contribution >= 4 is 23.3 Å². The Kier molecular flexibility index (Phi) is 6.51. The topological polar surface area (TPSA) is 75.7 Å². The highest BCUT2D eigenvalue weighted by Crippen LogP contribution is 2.23. The van der Waals surface area contributed by atoms with Gasteiger partial charge >= 0.3 is 0 Å². The summed E-state index contributed by atoms with van der Waals surface area (Å²) in [5.41, 5.74) is 9.23. The SMILES string of the molecule is CCN(CC)c1ccc(-n2c(C)cc(/C=N/Nc3ccc([N+](=O)[O-])cc3)c2C)cc1. The summed E-state index contributed by atoms with van der Waals surface area (Å²) >= 11 is 0. The number of nitro groups is 1. The van der Waals surface area contributed by atoms with Gasteiger partial charge in [-0.05, 0) is 70.2 Å². The molecule has 1 aromatic heterocycles. The summed E-state index contributed by atoms with van der Waals surface area (Å²) in [7, 11) is 0. The molecule has 0 amide bonds. The highest BCUT2D eigenvalue weighted by Gasteiger charge is 2.10. The van der Waals surface area contributed by atoms with Crippen LogP contribution in [0.15, 0.2) is 59.7 Å². The second kappa shape index (κ2) is 9.26. The van der Waals surface area contributed by atoms with Crippen molar-refractivity contribution in [3.05, 3.63) is 81.7 Å². The first kappa shape index (κ1) is 21.1. The highest BCUT2D eigenvalue weighted by molar-refractivity contribution is 5.82. The van der Waals surface area contributed by atoms with Crippen molar-refractivity contribution in [3.8, 4) is 5.69 Å². The second-order valence-electron chi connectivity index (χ2n) is 7.02. The van der Waals surface area contributed by atoms with Crippen LogP contribution < -0.4 is 10.3 Å². The van der Waals surface area contributed by atoms with E-state index in [1.54, 1.807) is 18.3 Å². The molecule has 0 saturated carbocycles. The fraction of sp³-hybridized carbons (Fsp3) is 0.261. The third kappa shape index (κ3) is 4.51. The molecule has 3 rings (SSSR count). The molecule has 2 aromatic carbocycles. The molecule has 156 valence electrons. The summed E-state index contributed by atoms with van der Waals surface area (Å²) < 4.78 is 2.21. The fourth-order valence-electron chi connectivity index (χ4n) is 3.55. The van der Waals surface area contributed by atoms with Gasteiger partial charge < -0.3 is 9.47 Å². The summed E-state index contributed by atoms with van der Waals surface area (Å²) in [4.78, 5) is 12.6. The van der Waals surface area contributed by atoms with Gasteiger partial charge in [0.1, 0.15) is 0 Å². The van der Waals surface area contributed by atoms with E-state index >= 15 is 0 Å². The van der Waals surface area contributed by atoms with E-state index in [0.29, 0.717) is 5.69 Å². The molecule has 0 aliphatic rings. The molecule has 0 unspecified atom stereocenters. The van der Waals surface area contributed by atoms with Crippen LogP contribution in [0.4, 0.5) is 17.1 Å². The molecule has 30 heavy (non-hydrogen) atoms. The molecule has 0 atom stereocenters. The predicted molar refractivity (Wildman–Crippen MR) is 123 cm³/mol. The molecule has 1 heterocycles. The van der Waals surface area contributed by atoms with Gasteiger partial charge in [-0.15, -0.1) is 0 Å². The van der Waals surface area contributed by atoms with Crippen LogP contribution in [0.1, 0.15) is 30.8 Å². The number of benzene rings is 2. The van der Waals surface area contributed by atoms with E-state index in [9.17, 15) is 10.1 Å². The van der Waals surface area contributed by atoms with Crippen LogP contribution >= 0.6 is 0 Å². The molecule has 7 nitrogen and oxygen atoms in total. The van der Waals surface area contributed by atoms with Crippen LogP contribution in [-0.4, -0.2) is 28.8 Å². The van der Waals surface area contributed by atoms with E-state index in [1.807, 2.05) is 0 Å². The van der Waals surface area contributed by atoms with Crippen molar-refractivity contribution in [1.29, 1.82) is 0 Å². The molecule has 7 heteroatoms. The largest absolute Gasteiger partial charge is 0.372 e. The van der Waals surface area contributed by atoms with Crippen LogP contribution in [0.25, 0.3) is 5.69 Å². The minimum atomic E-state index is -0.420. The zero-order chi connectivity index (χ0) is 21.7. The van der Waals surface area contributed by atoms with Gasteiger partial charge in [-0.1, -0.05) is 0 Å². The van der Waals surface area contributed by atoms with Crippen LogP contribution in [0.5, 0.6) is 0 Å². The molecule has 0 radical (unpaired) electrons. The Hall–Kier alpha value is -3.61. The van der Waals surface area contributed by atoms with E-state index in [1.165, 1.54) is 17.8 Å². The maximum absolute atomic E-state index is 10.7. The molecular weight excluding hydrogens is 378 g/mol. The number of hydrogen-bond acceptors (Lipinski definition) is 5. The third-order valence-corrected chi connectivity index (χ3v) is 5.18. The minimum Gasteiger partial charge on any atom is -0.372 e. The smallest absolute Gasteiger partial charge is 0.269 e. The van der Waals surface area contributed by atoms with Crippen LogP contribution in [0, 0.1) is 24.0 Å². The van der Waals surface area contributed by atoms with Crippen molar-refractivity contribution in [2.45, 2.75) is 27.7 Å². The number of anilines is 2. The average Bonchev–Trinajstić information content (AvgIpc) is 3.03. The molecular formula is C23H27N5O2. The van der Waals surface area contributed by atoms with Crippen molar-refractivity contribution < 1.29 is 4.92 Å². The monoisotopic (exact) mass is 405 g/mol. The third-order valence-electron chi connectivity index (χ3n) is 5.18. The number of nitrogens with zero attached hydrogens (tertiary/aromatic N) is 4. The average molecular weight is 406 g/mol. The Morgan fingerprint density at radius 3 is 2.27 bits per heavy atom. The lowest BCUT2D eigenvalue weighted by Crippen LogP contribution is -2.21. The summed E-state index contributed by atoms with van der Waals surface area (Å²) in [6.45, 7) is 10.4. The summed E-state index contributed by atoms with van der Waals surface area (Å²) in [6, 6.07) is 16.9. The molecule has 0 spiro atoms. The maximum atomic E-state index is 10.7. The van der Waals surface area contributed by atoms with E-state index in [-0.39, 0.29) is 5.69 Å². The Labute approximate surface area is 176 Å². The molecule has 3 aromatic rings. The van der Waals surface area contributed by atoms with Gasteiger partial charge in [0.25, 0.3) is 5.69 Å². The van der Waals surface area contributed by atoms with Crippen molar-refractivity contribution in [2.75, 3.05) is 23.4 Å². The zero-order valence-corrected chi connectivity index (χ0v) is 17.8. The number of aryl methyl sites for hydroxylation is 1. The maximum Gasteiger partial charge on any atom is 0.269 e. The summed E-state index contributed by atoms with van der Waals surface area (Å²) in [6.07, 6.45) is 1.77. The van der Waals surface area contributed by atoms with Gasteiger partial charge in [0.15, 0.2) is 0 Å². The molecule has 0 aliphatic heterocycles. The normalized spacial score (nSPS) is 11.1. The zero-order valence-electron chi connectivity index (χ0n) is 17.8. The summed E-state index contributed by atoms with van der Waals surface area (Å²) in [5.74, 6) is 0. The number of rotatable bonds is 8. The lowest BCUT2D eigenvalue weighted by Gasteiger charge is -2.21. The second-order valence-corrected chi connectivity index (χ2v) is 7.02. The molecule has 1 N–H and O–H groups in total. The number of nitrogens with one attached hydrogen (secondary N) is 1. The highest BCUT2D eigenvalue weighted by atomic mass is 16.6. The molecule has 0 aliphatic carbocycles. The van der Waals surface area contributed by atoms with E-state index < -0.39 is 4.92 Å². The Morgan fingerprint density at radius 1 is 1.07 bits per heavy atom. The number of non-ortho nitro benzene ring substituents is 1. The minimum absolute atomic E-state index is 0.0556. The lowest BCUT2D eigenvalue weighted by atomic mass is 10.2. The van der Waals surface area contributed by atoms with Gasteiger partial charge in [0.2, 0.25) is 0 Å². The molecule has 0 saturated heterocycles. The number of aromatic nitrogens is 1. The fourth-order valence-corrected chi connectivity index (χ4v) is 3.55. The number of nitro benzene ring substituents is 1. The first-order valence-electron chi connectivity index (χ1n) is 10.0. The van der Waals surface area contributed by atoms with Gasteiger partial charge in [0, 0.05) is 53.5 Å². The van der Waals surface area contributed by atoms with Gasteiger partial charge in [-0.2, -0.15) is 5.10 Å². The van der Waals surface area contributed by atoms with Gasteiger partial charge in [-0.25, -0.2) is 0 Å². The number of hydrogen-bond donors (Lipinski definition) is 1. The van der Waals surface area contributed by atoms with E-state index in [2.05, 4.69) is 78.0 Å². The van der Waals surface area contributed by atoms with Crippen molar-refractivity contribution in [3.63, 3.8) is 0 Å². The molecule has 0 bridgehead atoms. The Balaban J connectivity index is 1.76. The van der Waals surface area contributed by atoms with Gasteiger partial charge in [0.05, 0.1) is 16.8 Å². The summed E-state index contributed by atoms with van der Waals surface area (Å²) in [5, 5.41) is 15.0. The first-order valence-corrected chi connectivity index (χ1v) is 10.0. The van der Waals surface area contributed by atoms with E-state index in [4.69, 9.17) is 0 Å². The first-order chi connectivity index (χ1) is 14.4. The van der Waals surface area contributed by atoms with Crippen LogP contribution in [-0.2, 0) is 0 Å². The van der Waals surface area contributed by atoms with E-state index in [0.717, 1.165) is 35.7 Å². The lowest BCUT2D eigenvalue weighted by molar-refractivity contribution is -0.384. The quantitative estimate of drug-likeness (QED) is 0.314. The van der Waals surface area contributed by atoms with Gasteiger partial charge in [-0.3, -0.25) is 15.5 Å². The Bertz CT molecular complexity index is 1030. The van der Waals surface area contributed by atoms with Crippen molar-refractivity contribution in [2.24, 2.45) is 5.10 Å². The van der Waals surface area contributed by atoms with Crippen LogP contribution in [0.3, 0.4) is 0 Å². The Morgan fingerprint density at radius 2 is 1.70 bits per heavy atom. The molecule has 0 fully saturated rings.